The average molecular weight is 329 g/mol. The van der Waals surface area contributed by atoms with Crippen molar-refractivity contribution in [1.29, 1.82) is 0 Å². The fraction of sp³-hybridized carbons (Fsp3) is 0.429. The first-order valence-corrected chi connectivity index (χ1v) is 8.32. The lowest BCUT2D eigenvalue weighted by Crippen LogP contribution is -2.45. The summed E-state index contributed by atoms with van der Waals surface area (Å²) in [4.78, 5) is 22.5. The number of carboxylic acids is 1. The predicted octanol–water partition coefficient (Wildman–Crippen LogP) is 0.775. The van der Waals surface area contributed by atoms with Crippen LogP contribution in [-0.2, 0) is 26.1 Å². The molecule has 122 valence electrons. The van der Waals surface area contributed by atoms with Gasteiger partial charge in [0.2, 0.25) is 5.91 Å². The summed E-state index contributed by atoms with van der Waals surface area (Å²) in [7, 11) is -4.48. The second-order valence-electron chi connectivity index (χ2n) is 4.99. The van der Waals surface area contributed by atoms with E-state index in [-0.39, 0.29) is 6.42 Å². The first-order valence-electron chi connectivity index (χ1n) is 6.71. The van der Waals surface area contributed by atoms with E-state index in [1.165, 1.54) is 0 Å². The Morgan fingerprint density at radius 1 is 1.27 bits per heavy atom. The van der Waals surface area contributed by atoms with E-state index in [1.54, 1.807) is 0 Å². The summed E-state index contributed by atoms with van der Waals surface area (Å²) >= 11 is 0. The second-order valence-corrected chi connectivity index (χ2v) is 6.48. The zero-order valence-corrected chi connectivity index (χ0v) is 13.0. The largest absolute Gasteiger partial charge is 0.480 e. The maximum Gasteiger partial charge on any atom is 0.327 e. The lowest BCUT2D eigenvalue weighted by Gasteiger charge is -2.13. The number of benzene rings is 1. The van der Waals surface area contributed by atoms with Crippen molar-refractivity contribution in [2.45, 2.75) is 32.2 Å². The molecule has 0 spiro atoms. The second kappa shape index (κ2) is 7.90. The number of nitrogens with one attached hydrogen (secondary N) is 1. The van der Waals surface area contributed by atoms with Crippen LogP contribution in [0.15, 0.2) is 24.3 Å². The minimum atomic E-state index is -4.48. The Kier molecular flexibility index (Phi) is 6.51. The summed E-state index contributed by atoms with van der Waals surface area (Å²) in [6.45, 7) is 1.96. The molecule has 0 radical (unpaired) electrons. The molecule has 1 amide bonds. The number of amides is 1. The average Bonchev–Trinajstić information content (AvgIpc) is 2.38. The van der Waals surface area contributed by atoms with Gasteiger partial charge in [-0.05, 0) is 30.9 Å². The molecule has 0 aliphatic carbocycles. The lowest BCUT2D eigenvalue weighted by molar-refractivity contribution is -0.141. The smallest absolute Gasteiger partial charge is 0.327 e. The van der Waals surface area contributed by atoms with Crippen LogP contribution in [0.4, 0.5) is 0 Å². The molecule has 1 aromatic rings. The molecule has 0 bridgehead atoms. The fourth-order valence-electron chi connectivity index (χ4n) is 1.98. The van der Waals surface area contributed by atoms with Crippen LogP contribution in [0.2, 0.25) is 0 Å². The molecule has 0 aromatic heterocycles. The first kappa shape index (κ1) is 18.1. The van der Waals surface area contributed by atoms with Crippen molar-refractivity contribution in [3.8, 4) is 0 Å². The van der Waals surface area contributed by atoms with Gasteiger partial charge in [-0.3, -0.25) is 9.35 Å². The Balaban J connectivity index is 2.48. The molecule has 0 fully saturated rings. The highest BCUT2D eigenvalue weighted by molar-refractivity contribution is 7.85. The molecule has 0 aliphatic heterocycles. The number of aliphatic carboxylic acids is 1. The van der Waals surface area contributed by atoms with E-state index < -0.39 is 33.8 Å². The van der Waals surface area contributed by atoms with Gasteiger partial charge in [0.1, 0.15) is 11.8 Å². The van der Waals surface area contributed by atoms with E-state index in [0.717, 1.165) is 11.1 Å². The van der Waals surface area contributed by atoms with Crippen molar-refractivity contribution < 1.29 is 27.7 Å². The highest BCUT2D eigenvalue weighted by Gasteiger charge is 2.25. The summed E-state index contributed by atoms with van der Waals surface area (Å²) in [5.41, 5.74) is 2.21. The molecule has 0 heterocycles. The SMILES string of the molecule is Cc1ccccc1CCCC(=O)N[C@@H](CS(=O)(=O)O)C(=O)O. The lowest BCUT2D eigenvalue weighted by atomic mass is 10.0. The monoisotopic (exact) mass is 329 g/mol. The molecular weight excluding hydrogens is 310 g/mol. The number of hydrogen-bond donors (Lipinski definition) is 3. The van der Waals surface area contributed by atoms with Crippen LogP contribution in [0.3, 0.4) is 0 Å². The Morgan fingerprint density at radius 3 is 2.45 bits per heavy atom. The van der Waals surface area contributed by atoms with E-state index in [4.69, 9.17) is 9.66 Å². The third-order valence-corrected chi connectivity index (χ3v) is 3.88. The van der Waals surface area contributed by atoms with Gasteiger partial charge in [0.05, 0.1) is 0 Å². The molecule has 0 unspecified atom stereocenters. The van der Waals surface area contributed by atoms with Crippen molar-refractivity contribution >= 4 is 22.0 Å². The van der Waals surface area contributed by atoms with Crippen LogP contribution in [0.5, 0.6) is 0 Å². The van der Waals surface area contributed by atoms with Crippen molar-refractivity contribution in [1.82, 2.24) is 5.32 Å². The van der Waals surface area contributed by atoms with E-state index in [0.29, 0.717) is 12.8 Å². The molecule has 7 nitrogen and oxygen atoms in total. The van der Waals surface area contributed by atoms with E-state index in [1.807, 2.05) is 31.2 Å². The van der Waals surface area contributed by atoms with Crippen LogP contribution in [-0.4, -0.2) is 41.7 Å². The molecule has 1 atom stereocenters. The predicted molar refractivity (Wildman–Crippen MR) is 80.1 cm³/mol. The molecule has 3 N–H and O–H groups in total. The van der Waals surface area contributed by atoms with Gasteiger partial charge in [-0.2, -0.15) is 8.42 Å². The van der Waals surface area contributed by atoms with Gasteiger partial charge < -0.3 is 10.4 Å². The Morgan fingerprint density at radius 2 is 1.91 bits per heavy atom. The Labute approximate surface area is 129 Å². The van der Waals surface area contributed by atoms with E-state index in [2.05, 4.69) is 5.32 Å². The standard InChI is InChI=1S/C14H19NO6S/c1-10-5-2-3-6-11(10)7-4-8-13(16)15-12(14(17)18)9-22(19,20)21/h2-3,5-6,12H,4,7-9H2,1H3,(H,15,16)(H,17,18)(H,19,20,21)/t12-/m0/s1. The van der Waals surface area contributed by atoms with Crippen LogP contribution < -0.4 is 5.32 Å². The number of hydrogen-bond acceptors (Lipinski definition) is 4. The van der Waals surface area contributed by atoms with Gasteiger partial charge in [0, 0.05) is 6.42 Å². The van der Waals surface area contributed by atoms with E-state index in [9.17, 15) is 18.0 Å². The number of aryl methyl sites for hydroxylation is 2. The van der Waals surface area contributed by atoms with Crippen LogP contribution in [0, 0.1) is 6.92 Å². The summed E-state index contributed by atoms with van der Waals surface area (Å²) < 4.78 is 30.1. The topological polar surface area (TPSA) is 121 Å². The Hall–Kier alpha value is -1.93. The van der Waals surface area contributed by atoms with Gasteiger partial charge in [0.25, 0.3) is 10.1 Å². The highest BCUT2D eigenvalue weighted by Crippen LogP contribution is 2.10. The van der Waals surface area contributed by atoms with Crippen molar-refractivity contribution in [3.63, 3.8) is 0 Å². The molecule has 22 heavy (non-hydrogen) atoms. The third-order valence-electron chi connectivity index (χ3n) is 3.12. The van der Waals surface area contributed by atoms with Gasteiger partial charge in [-0.1, -0.05) is 24.3 Å². The van der Waals surface area contributed by atoms with Crippen LogP contribution in [0.25, 0.3) is 0 Å². The summed E-state index contributed by atoms with van der Waals surface area (Å²) in [5, 5.41) is 10.9. The zero-order valence-electron chi connectivity index (χ0n) is 12.2. The third kappa shape index (κ3) is 6.68. The minimum Gasteiger partial charge on any atom is -0.480 e. The maximum atomic E-state index is 11.7. The van der Waals surface area contributed by atoms with Crippen molar-refractivity contribution in [2.24, 2.45) is 0 Å². The van der Waals surface area contributed by atoms with Gasteiger partial charge in [-0.25, -0.2) is 4.79 Å². The summed E-state index contributed by atoms with van der Waals surface area (Å²) in [6, 6.07) is 6.07. The van der Waals surface area contributed by atoms with Crippen molar-refractivity contribution in [3.05, 3.63) is 35.4 Å². The number of carboxylic acid groups (broad SMARTS) is 1. The summed E-state index contributed by atoms with van der Waals surface area (Å²) in [5.74, 6) is -3.12. The molecular formula is C14H19NO6S. The number of carbonyl (C=O) groups is 2. The van der Waals surface area contributed by atoms with Crippen LogP contribution >= 0.6 is 0 Å². The van der Waals surface area contributed by atoms with Gasteiger partial charge in [-0.15, -0.1) is 0 Å². The molecule has 0 saturated heterocycles. The Bertz CT molecular complexity index is 640. The molecule has 8 heteroatoms. The fourth-order valence-corrected chi connectivity index (χ4v) is 2.63. The molecule has 1 rings (SSSR count). The molecule has 0 saturated carbocycles. The normalized spacial score (nSPS) is 12.6. The quantitative estimate of drug-likeness (QED) is 0.606. The highest BCUT2D eigenvalue weighted by atomic mass is 32.2. The molecule has 0 aliphatic rings. The molecule has 1 aromatic carbocycles. The number of carbonyl (C=O) groups excluding carboxylic acids is 1. The minimum absolute atomic E-state index is 0.0730. The van der Waals surface area contributed by atoms with Gasteiger partial charge in [0.15, 0.2) is 0 Å². The van der Waals surface area contributed by atoms with E-state index >= 15 is 0 Å². The number of rotatable bonds is 8. The summed E-state index contributed by atoms with van der Waals surface area (Å²) in [6.07, 6.45) is 1.24. The maximum absolute atomic E-state index is 11.7. The van der Waals surface area contributed by atoms with Crippen molar-refractivity contribution in [2.75, 3.05) is 5.75 Å². The first-order chi connectivity index (χ1) is 10.2. The van der Waals surface area contributed by atoms with Crippen LogP contribution in [0.1, 0.15) is 24.0 Å². The zero-order chi connectivity index (χ0) is 16.8. The van der Waals surface area contributed by atoms with Gasteiger partial charge >= 0.3 is 5.97 Å².